The summed E-state index contributed by atoms with van der Waals surface area (Å²) < 4.78 is 0. The molecule has 3 unspecified atom stereocenters. The first kappa shape index (κ1) is 18.1. The molecule has 2 bridgehead atoms. The van der Waals surface area contributed by atoms with Gasteiger partial charge in [0.15, 0.2) is 0 Å². The molecule has 0 aromatic carbocycles. The van der Waals surface area contributed by atoms with Gasteiger partial charge in [0.05, 0.1) is 0 Å². The fourth-order valence-electron chi connectivity index (χ4n) is 3.46. The molecule has 118 valence electrons. The zero-order valence-electron chi connectivity index (χ0n) is 12.9. The molecule has 0 saturated carbocycles. The molecule has 0 spiro atoms. The molecule has 2 aliphatic rings. The minimum Gasteiger partial charge on any atom is -0.343 e. The number of carbonyl (C=O) groups is 1. The van der Waals surface area contributed by atoms with Crippen LogP contribution >= 0.6 is 24.2 Å². The highest BCUT2D eigenvalue weighted by molar-refractivity contribution is 7.98. The molecular weight excluding hydrogens is 292 g/mol. The van der Waals surface area contributed by atoms with Gasteiger partial charge in [-0.25, -0.2) is 0 Å². The molecule has 1 amide bonds. The summed E-state index contributed by atoms with van der Waals surface area (Å²) >= 11 is 1.86. The second-order valence-corrected chi connectivity index (χ2v) is 7.30. The van der Waals surface area contributed by atoms with E-state index in [2.05, 4.69) is 18.5 Å². The maximum atomic E-state index is 12.3. The Morgan fingerprint density at radius 1 is 1.35 bits per heavy atom. The van der Waals surface area contributed by atoms with Gasteiger partial charge in [-0.15, -0.1) is 12.4 Å². The van der Waals surface area contributed by atoms with Gasteiger partial charge in [-0.1, -0.05) is 0 Å². The normalized spacial score (nSPS) is 29.6. The predicted octanol–water partition coefficient (Wildman–Crippen LogP) is 2.93. The fraction of sp³-hybridized carbons (Fsp3) is 0.933. The topological polar surface area (TPSA) is 32.3 Å². The Balaban J connectivity index is 0.00000200. The average Bonchev–Trinajstić information content (AvgIpc) is 2.74. The van der Waals surface area contributed by atoms with Crippen molar-refractivity contribution in [2.24, 2.45) is 5.92 Å². The number of halogens is 1. The van der Waals surface area contributed by atoms with Crippen molar-refractivity contribution in [1.29, 1.82) is 0 Å². The van der Waals surface area contributed by atoms with Crippen LogP contribution in [0, 0.1) is 5.92 Å². The number of fused-ring (bicyclic) bond motifs is 2. The lowest BCUT2D eigenvalue weighted by Gasteiger charge is -2.31. The third kappa shape index (κ3) is 4.81. The SMILES string of the molecule is CSCCC(C)N(C)C(=O)CC1CC2CCC(C1)N2.Cl. The Labute approximate surface area is 134 Å². The van der Waals surface area contributed by atoms with Gasteiger partial charge in [-0.2, -0.15) is 11.8 Å². The third-order valence-electron chi connectivity index (χ3n) is 4.83. The van der Waals surface area contributed by atoms with Crippen LogP contribution in [0.3, 0.4) is 0 Å². The van der Waals surface area contributed by atoms with Crippen molar-refractivity contribution in [1.82, 2.24) is 10.2 Å². The monoisotopic (exact) mass is 320 g/mol. The number of nitrogens with one attached hydrogen (secondary N) is 1. The van der Waals surface area contributed by atoms with Crippen LogP contribution < -0.4 is 5.32 Å². The molecule has 2 aliphatic heterocycles. The van der Waals surface area contributed by atoms with E-state index in [9.17, 15) is 4.79 Å². The van der Waals surface area contributed by atoms with Crippen molar-refractivity contribution in [3.05, 3.63) is 0 Å². The van der Waals surface area contributed by atoms with Gasteiger partial charge in [-0.05, 0) is 57.0 Å². The Hall–Kier alpha value is 0.0700. The van der Waals surface area contributed by atoms with Crippen molar-refractivity contribution in [2.45, 2.75) is 63.6 Å². The Kier molecular flexibility index (Phi) is 7.70. The molecule has 5 heteroatoms. The van der Waals surface area contributed by atoms with E-state index in [0.717, 1.165) is 18.6 Å². The maximum absolute atomic E-state index is 12.3. The van der Waals surface area contributed by atoms with Crippen LogP contribution in [0.15, 0.2) is 0 Å². The van der Waals surface area contributed by atoms with E-state index in [4.69, 9.17) is 0 Å². The molecule has 0 aromatic heterocycles. The van der Waals surface area contributed by atoms with E-state index < -0.39 is 0 Å². The van der Waals surface area contributed by atoms with Crippen LogP contribution in [-0.2, 0) is 4.79 Å². The molecule has 0 aromatic rings. The smallest absolute Gasteiger partial charge is 0.222 e. The van der Waals surface area contributed by atoms with Gasteiger partial charge in [0.25, 0.3) is 0 Å². The molecule has 2 heterocycles. The van der Waals surface area contributed by atoms with Crippen molar-refractivity contribution >= 4 is 30.1 Å². The fourth-order valence-corrected chi connectivity index (χ4v) is 4.04. The van der Waals surface area contributed by atoms with E-state index >= 15 is 0 Å². The number of nitrogens with zero attached hydrogens (tertiary/aromatic N) is 1. The summed E-state index contributed by atoms with van der Waals surface area (Å²) in [6.45, 7) is 2.17. The zero-order valence-corrected chi connectivity index (χ0v) is 14.6. The summed E-state index contributed by atoms with van der Waals surface area (Å²) in [4.78, 5) is 14.3. The van der Waals surface area contributed by atoms with E-state index in [-0.39, 0.29) is 12.4 Å². The Bertz CT molecular complexity index is 304. The third-order valence-corrected chi connectivity index (χ3v) is 5.47. The summed E-state index contributed by atoms with van der Waals surface area (Å²) in [6.07, 6.45) is 9.02. The molecule has 2 rings (SSSR count). The summed E-state index contributed by atoms with van der Waals surface area (Å²) in [6, 6.07) is 1.75. The molecule has 1 N–H and O–H groups in total. The summed E-state index contributed by atoms with van der Waals surface area (Å²) in [5.41, 5.74) is 0. The Morgan fingerprint density at radius 2 is 1.95 bits per heavy atom. The quantitative estimate of drug-likeness (QED) is 0.816. The van der Waals surface area contributed by atoms with Crippen LogP contribution in [0.2, 0.25) is 0 Å². The predicted molar refractivity (Wildman–Crippen MR) is 89.8 cm³/mol. The number of amides is 1. The van der Waals surface area contributed by atoms with Crippen LogP contribution in [0.25, 0.3) is 0 Å². The van der Waals surface area contributed by atoms with Gasteiger partial charge in [0.1, 0.15) is 0 Å². The lowest BCUT2D eigenvalue weighted by Crippen LogP contribution is -2.41. The molecule has 3 atom stereocenters. The van der Waals surface area contributed by atoms with Gasteiger partial charge in [-0.3, -0.25) is 4.79 Å². The first-order valence-corrected chi connectivity index (χ1v) is 9.00. The van der Waals surface area contributed by atoms with Crippen LogP contribution in [0.1, 0.15) is 45.4 Å². The number of rotatable bonds is 6. The molecule has 0 radical (unpaired) electrons. The van der Waals surface area contributed by atoms with E-state index in [0.29, 0.717) is 30.0 Å². The van der Waals surface area contributed by atoms with Crippen molar-refractivity contribution in [3.8, 4) is 0 Å². The van der Waals surface area contributed by atoms with Gasteiger partial charge in [0.2, 0.25) is 5.91 Å². The highest BCUT2D eigenvalue weighted by Gasteiger charge is 2.34. The van der Waals surface area contributed by atoms with Crippen molar-refractivity contribution in [3.63, 3.8) is 0 Å². The number of hydrogen-bond acceptors (Lipinski definition) is 3. The highest BCUT2D eigenvalue weighted by atomic mass is 35.5. The summed E-state index contributed by atoms with van der Waals surface area (Å²) in [5.74, 6) is 2.09. The molecule has 20 heavy (non-hydrogen) atoms. The van der Waals surface area contributed by atoms with Crippen molar-refractivity contribution in [2.75, 3.05) is 19.1 Å². The number of piperidine rings is 1. The Morgan fingerprint density at radius 3 is 2.50 bits per heavy atom. The molecule has 2 fully saturated rings. The van der Waals surface area contributed by atoms with Crippen LogP contribution in [0.5, 0.6) is 0 Å². The minimum atomic E-state index is 0. The van der Waals surface area contributed by atoms with Gasteiger partial charge < -0.3 is 10.2 Å². The molecule has 3 nitrogen and oxygen atoms in total. The van der Waals surface area contributed by atoms with E-state index in [1.165, 1.54) is 25.7 Å². The zero-order chi connectivity index (χ0) is 13.8. The van der Waals surface area contributed by atoms with Crippen LogP contribution in [0.4, 0.5) is 0 Å². The molecule has 0 aliphatic carbocycles. The highest BCUT2D eigenvalue weighted by Crippen LogP contribution is 2.33. The molecule has 2 saturated heterocycles. The van der Waals surface area contributed by atoms with Crippen molar-refractivity contribution < 1.29 is 4.79 Å². The van der Waals surface area contributed by atoms with E-state index in [1.807, 2.05) is 23.7 Å². The lowest BCUT2D eigenvalue weighted by molar-refractivity contribution is -0.133. The largest absolute Gasteiger partial charge is 0.343 e. The number of hydrogen-bond donors (Lipinski definition) is 1. The van der Waals surface area contributed by atoms with E-state index in [1.54, 1.807) is 0 Å². The molecular formula is C15H29ClN2OS. The second-order valence-electron chi connectivity index (χ2n) is 6.31. The van der Waals surface area contributed by atoms with Gasteiger partial charge >= 0.3 is 0 Å². The number of thioether (sulfide) groups is 1. The first-order valence-electron chi connectivity index (χ1n) is 7.60. The lowest BCUT2D eigenvalue weighted by atomic mass is 9.89. The average molecular weight is 321 g/mol. The van der Waals surface area contributed by atoms with Crippen LogP contribution in [-0.4, -0.2) is 48.0 Å². The number of carbonyl (C=O) groups excluding carboxylic acids is 1. The van der Waals surface area contributed by atoms with Gasteiger partial charge in [0, 0.05) is 31.6 Å². The maximum Gasteiger partial charge on any atom is 0.222 e. The second kappa shape index (κ2) is 8.50. The first-order chi connectivity index (χ1) is 9.10. The summed E-state index contributed by atoms with van der Waals surface area (Å²) in [5, 5.41) is 3.65. The standard InChI is InChI=1S/C15H28N2OS.ClH/c1-11(6-7-19-3)17(2)15(18)10-12-8-13-4-5-14(9-12)16-13;/h11-14,16H,4-10H2,1-3H3;1H. The summed E-state index contributed by atoms with van der Waals surface area (Å²) in [7, 11) is 1.98. The minimum absolute atomic E-state index is 0.